The van der Waals surface area contributed by atoms with Crippen LogP contribution in [0.1, 0.15) is 38.5 Å². The Bertz CT molecular complexity index is 50.1. The second kappa shape index (κ2) is 6.95. The molecule has 1 saturated heterocycles. The Morgan fingerprint density at radius 1 is 0.818 bits per heavy atom. The van der Waals surface area contributed by atoms with Crippen molar-refractivity contribution in [2.24, 2.45) is 0 Å². The van der Waals surface area contributed by atoms with Crippen molar-refractivity contribution in [3.05, 3.63) is 0 Å². The zero-order valence-electron chi connectivity index (χ0n) is 7.07. The first-order valence-corrected chi connectivity index (χ1v) is 5.58. The van der Waals surface area contributed by atoms with Gasteiger partial charge in [-0.1, -0.05) is 37.6 Å². The normalized spacial score (nSPS) is 24.0. The van der Waals surface area contributed by atoms with Gasteiger partial charge in [-0.15, -0.1) is 0 Å². The van der Waals surface area contributed by atoms with Crippen molar-refractivity contribution in [1.82, 2.24) is 10.3 Å². The fraction of sp³-hybridized carbons (Fsp3) is 1.00. The zero-order chi connectivity index (χ0) is 7.78. The molecule has 0 bridgehead atoms. The molecule has 1 rings (SSSR count). The van der Waals surface area contributed by atoms with Crippen LogP contribution >= 0.6 is 11.9 Å². The van der Waals surface area contributed by atoms with Crippen LogP contribution < -0.4 is 10.3 Å². The van der Waals surface area contributed by atoms with E-state index in [1.165, 1.54) is 44.3 Å². The summed E-state index contributed by atoms with van der Waals surface area (Å²) >= 11 is 1.80. The first kappa shape index (κ1) is 9.36. The monoisotopic (exact) mass is 174 g/mol. The Balaban J connectivity index is 2.02. The topological polar surface area (TPSA) is 24.1 Å². The summed E-state index contributed by atoms with van der Waals surface area (Å²) in [4.78, 5) is 3.15. The molecule has 11 heavy (non-hydrogen) atoms. The molecule has 2 nitrogen and oxygen atoms in total. The predicted octanol–water partition coefficient (Wildman–Crippen LogP) is 2.08. The van der Waals surface area contributed by atoms with Gasteiger partial charge in [0.25, 0.3) is 0 Å². The van der Waals surface area contributed by atoms with Gasteiger partial charge in [0, 0.05) is 12.3 Å². The van der Waals surface area contributed by atoms with E-state index in [0.717, 1.165) is 6.54 Å². The lowest BCUT2D eigenvalue weighted by atomic mass is 10.1. The van der Waals surface area contributed by atoms with Crippen molar-refractivity contribution in [2.75, 3.05) is 12.3 Å². The second-order valence-electron chi connectivity index (χ2n) is 3.00. The standard InChI is InChI=1S/C8H18N2S/c1-2-4-6-8-11-10-9-7-5-3-1/h9-10H,1-8H2. The summed E-state index contributed by atoms with van der Waals surface area (Å²) in [6.07, 6.45) is 8.33. The van der Waals surface area contributed by atoms with Gasteiger partial charge in [-0.25, -0.2) is 10.3 Å². The Labute approximate surface area is 73.6 Å². The quantitative estimate of drug-likeness (QED) is 0.550. The third-order valence-corrected chi connectivity index (χ3v) is 2.72. The van der Waals surface area contributed by atoms with Gasteiger partial charge in [0.2, 0.25) is 0 Å². The van der Waals surface area contributed by atoms with Gasteiger partial charge in [-0.3, -0.25) is 0 Å². The van der Waals surface area contributed by atoms with Crippen molar-refractivity contribution in [3.8, 4) is 0 Å². The van der Waals surface area contributed by atoms with Crippen molar-refractivity contribution >= 4 is 11.9 Å². The molecule has 0 saturated carbocycles. The predicted molar refractivity (Wildman–Crippen MR) is 51.3 cm³/mol. The molecule has 0 unspecified atom stereocenters. The molecule has 3 heteroatoms. The van der Waals surface area contributed by atoms with Gasteiger partial charge < -0.3 is 0 Å². The molecule has 0 amide bonds. The molecule has 1 aliphatic rings. The number of rotatable bonds is 0. The SMILES string of the molecule is C1CCCCSNNCCC1. The highest BCUT2D eigenvalue weighted by Crippen LogP contribution is 2.08. The molecule has 2 N–H and O–H groups in total. The van der Waals surface area contributed by atoms with E-state index in [4.69, 9.17) is 0 Å². The molecule has 66 valence electrons. The fourth-order valence-electron chi connectivity index (χ4n) is 1.25. The molecule has 1 fully saturated rings. The van der Waals surface area contributed by atoms with Crippen LogP contribution in [0.3, 0.4) is 0 Å². The Kier molecular flexibility index (Phi) is 5.91. The summed E-state index contributed by atoms with van der Waals surface area (Å²) in [6, 6.07) is 0. The Morgan fingerprint density at radius 3 is 2.45 bits per heavy atom. The number of hydrogen-bond donors (Lipinski definition) is 2. The molecule has 0 aliphatic carbocycles. The van der Waals surface area contributed by atoms with Crippen molar-refractivity contribution in [1.29, 1.82) is 0 Å². The summed E-state index contributed by atoms with van der Waals surface area (Å²) in [5, 5.41) is 0. The fourth-order valence-corrected chi connectivity index (χ4v) is 1.90. The largest absolute Gasteiger partial charge is 0.248 e. The Hall–Kier alpha value is 0.270. The molecule has 1 aliphatic heterocycles. The molecule has 0 spiro atoms. The third-order valence-electron chi connectivity index (χ3n) is 1.94. The van der Waals surface area contributed by atoms with E-state index >= 15 is 0 Å². The molecule has 0 radical (unpaired) electrons. The average Bonchev–Trinajstić information content (AvgIpc) is 2.08. The number of nitrogens with one attached hydrogen (secondary N) is 2. The van der Waals surface area contributed by atoms with Crippen LogP contribution in [0.25, 0.3) is 0 Å². The number of hydrogen-bond acceptors (Lipinski definition) is 3. The van der Waals surface area contributed by atoms with Crippen molar-refractivity contribution < 1.29 is 0 Å². The highest BCUT2D eigenvalue weighted by molar-refractivity contribution is 7.97. The summed E-state index contributed by atoms with van der Waals surface area (Å²) < 4.78 is 0. The van der Waals surface area contributed by atoms with E-state index < -0.39 is 0 Å². The summed E-state index contributed by atoms with van der Waals surface area (Å²) in [5.41, 5.74) is 3.20. The van der Waals surface area contributed by atoms with E-state index in [2.05, 4.69) is 10.3 Å². The Morgan fingerprint density at radius 2 is 1.55 bits per heavy atom. The highest BCUT2D eigenvalue weighted by Gasteiger charge is 1.94. The summed E-state index contributed by atoms with van der Waals surface area (Å²) in [7, 11) is 0. The van der Waals surface area contributed by atoms with Crippen LogP contribution in [0, 0.1) is 0 Å². The van der Waals surface area contributed by atoms with Gasteiger partial charge in [-0.2, -0.15) is 0 Å². The lowest BCUT2D eigenvalue weighted by Gasteiger charge is -2.03. The minimum atomic E-state index is 1.12. The van der Waals surface area contributed by atoms with E-state index in [-0.39, 0.29) is 0 Å². The summed E-state index contributed by atoms with van der Waals surface area (Å²) in [5.74, 6) is 1.24. The van der Waals surface area contributed by atoms with Gasteiger partial charge in [-0.05, 0) is 12.8 Å². The minimum absolute atomic E-state index is 1.12. The molecule has 0 atom stereocenters. The smallest absolute Gasteiger partial charge is 0.0109 e. The van der Waals surface area contributed by atoms with E-state index in [9.17, 15) is 0 Å². The van der Waals surface area contributed by atoms with Gasteiger partial charge in [0.1, 0.15) is 0 Å². The van der Waals surface area contributed by atoms with Gasteiger partial charge in [0.15, 0.2) is 0 Å². The maximum absolute atomic E-state index is 3.20. The van der Waals surface area contributed by atoms with Crippen LogP contribution in [-0.2, 0) is 0 Å². The van der Waals surface area contributed by atoms with Crippen LogP contribution in [0.15, 0.2) is 0 Å². The minimum Gasteiger partial charge on any atom is -0.248 e. The van der Waals surface area contributed by atoms with Gasteiger partial charge in [0.05, 0.1) is 0 Å². The van der Waals surface area contributed by atoms with E-state index in [0.29, 0.717) is 0 Å². The molecular weight excluding hydrogens is 156 g/mol. The molecule has 0 aromatic rings. The maximum Gasteiger partial charge on any atom is 0.0109 e. The molecular formula is C8H18N2S. The van der Waals surface area contributed by atoms with Crippen LogP contribution in [0.2, 0.25) is 0 Å². The van der Waals surface area contributed by atoms with Gasteiger partial charge >= 0.3 is 0 Å². The lowest BCUT2D eigenvalue weighted by Crippen LogP contribution is -2.26. The highest BCUT2D eigenvalue weighted by atomic mass is 32.2. The number of hydrazine groups is 1. The average molecular weight is 174 g/mol. The molecule has 0 aromatic carbocycles. The molecule has 1 heterocycles. The second-order valence-corrected chi connectivity index (χ2v) is 3.90. The van der Waals surface area contributed by atoms with Crippen molar-refractivity contribution in [3.63, 3.8) is 0 Å². The van der Waals surface area contributed by atoms with Crippen LogP contribution in [-0.4, -0.2) is 12.3 Å². The zero-order valence-corrected chi connectivity index (χ0v) is 7.88. The van der Waals surface area contributed by atoms with E-state index in [1.54, 1.807) is 11.9 Å². The van der Waals surface area contributed by atoms with Crippen molar-refractivity contribution in [2.45, 2.75) is 38.5 Å². The maximum atomic E-state index is 3.20. The first-order valence-electron chi connectivity index (χ1n) is 4.60. The first-order chi connectivity index (χ1) is 5.50. The van der Waals surface area contributed by atoms with Crippen LogP contribution in [0.5, 0.6) is 0 Å². The molecule has 0 aromatic heterocycles. The van der Waals surface area contributed by atoms with Crippen LogP contribution in [0.4, 0.5) is 0 Å². The lowest BCUT2D eigenvalue weighted by molar-refractivity contribution is 0.576. The van der Waals surface area contributed by atoms with E-state index in [1.807, 2.05) is 0 Å². The third kappa shape index (κ3) is 5.53. The summed E-state index contributed by atoms with van der Waals surface area (Å²) in [6.45, 7) is 1.12.